The van der Waals surface area contributed by atoms with E-state index >= 15 is 0 Å². The summed E-state index contributed by atoms with van der Waals surface area (Å²) < 4.78 is 25.6. The smallest absolute Gasteiger partial charge is 0.240 e. The van der Waals surface area contributed by atoms with Crippen molar-refractivity contribution in [1.82, 2.24) is 10.0 Å². The summed E-state index contributed by atoms with van der Waals surface area (Å²) >= 11 is 0. The lowest BCUT2D eigenvalue weighted by Gasteiger charge is -2.34. The molecule has 19 heavy (non-hydrogen) atoms. The maximum absolute atomic E-state index is 11.7. The predicted octanol–water partition coefficient (Wildman–Crippen LogP) is 0.783. The molecule has 2 N–H and O–H groups in total. The van der Waals surface area contributed by atoms with Crippen LogP contribution in [0.4, 0.5) is 5.69 Å². The van der Waals surface area contributed by atoms with Crippen LogP contribution >= 0.6 is 0 Å². The molecule has 0 saturated carbocycles. The molecule has 1 aromatic carbocycles. The van der Waals surface area contributed by atoms with E-state index in [1.807, 2.05) is 19.2 Å². The van der Waals surface area contributed by atoms with Gasteiger partial charge in [0, 0.05) is 24.8 Å². The summed E-state index contributed by atoms with van der Waals surface area (Å²) in [7, 11) is 0.0629. The first-order chi connectivity index (χ1) is 9.06. The fourth-order valence-electron chi connectivity index (χ4n) is 2.40. The van der Waals surface area contributed by atoms with E-state index in [1.165, 1.54) is 13.5 Å². The maximum atomic E-state index is 11.7. The van der Waals surface area contributed by atoms with Crippen LogP contribution in [0.15, 0.2) is 29.2 Å². The lowest BCUT2D eigenvalue weighted by molar-refractivity contribution is 0.449. The van der Waals surface area contributed by atoms with Crippen LogP contribution in [0.25, 0.3) is 0 Å². The van der Waals surface area contributed by atoms with Crippen LogP contribution < -0.4 is 14.9 Å². The molecule has 1 aliphatic rings. The molecular weight excluding hydrogens is 262 g/mol. The van der Waals surface area contributed by atoms with E-state index in [0.29, 0.717) is 10.9 Å². The predicted molar refractivity (Wildman–Crippen MR) is 77.0 cm³/mol. The Hall–Kier alpha value is -1.11. The number of nitrogens with zero attached hydrogens (tertiary/aromatic N) is 1. The number of rotatable bonds is 4. The number of hydrogen-bond donors (Lipinski definition) is 2. The standard InChI is InChI=1S/C13H21N3O2S/c1-14-11-4-3-9-16(10-11)12-5-7-13(8-6-12)19(17,18)15-2/h5-8,11,14-15H,3-4,9-10H2,1-2H3. The number of anilines is 1. The largest absolute Gasteiger partial charge is 0.370 e. The van der Waals surface area contributed by atoms with Gasteiger partial charge in [-0.15, -0.1) is 0 Å². The van der Waals surface area contributed by atoms with E-state index < -0.39 is 10.0 Å². The van der Waals surface area contributed by atoms with Crippen molar-refractivity contribution in [2.45, 2.75) is 23.8 Å². The summed E-state index contributed by atoms with van der Waals surface area (Å²) in [5.74, 6) is 0. The molecule has 1 unspecified atom stereocenters. The Morgan fingerprint density at radius 2 is 1.89 bits per heavy atom. The fraction of sp³-hybridized carbons (Fsp3) is 0.538. The first-order valence-corrected chi connectivity index (χ1v) is 8.01. The highest BCUT2D eigenvalue weighted by molar-refractivity contribution is 7.89. The summed E-state index contributed by atoms with van der Waals surface area (Å²) in [6.45, 7) is 1.99. The van der Waals surface area contributed by atoms with E-state index in [-0.39, 0.29) is 0 Å². The van der Waals surface area contributed by atoms with Gasteiger partial charge < -0.3 is 10.2 Å². The van der Waals surface area contributed by atoms with E-state index in [0.717, 1.165) is 25.2 Å². The quantitative estimate of drug-likeness (QED) is 0.857. The number of likely N-dealkylation sites (N-methyl/N-ethyl adjacent to an activating group) is 1. The summed E-state index contributed by atoms with van der Waals surface area (Å²) in [6, 6.07) is 7.58. The molecule has 0 aromatic heterocycles. The molecule has 1 atom stereocenters. The number of hydrogen-bond acceptors (Lipinski definition) is 4. The highest BCUT2D eigenvalue weighted by Crippen LogP contribution is 2.21. The molecule has 0 aliphatic carbocycles. The minimum absolute atomic E-state index is 0.306. The lowest BCUT2D eigenvalue weighted by Crippen LogP contribution is -2.44. The number of nitrogens with one attached hydrogen (secondary N) is 2. The van der Waals surface area contributed by atoms with Crippen LogP contribution in [-0.4, -0.2) is 41.6 Å². The molecule has 1 fully saturated rings. The summed E-state index contributed by atoms with van der Waals surface area (Å²) in [5, 5.41) is 3.30. The highest BCUT2D eigenvalue weighted by atomic mass is 32.2. The lowest BCUT2D eigenvalue weighted by atomic mass is 10.1. The second-order valence-corrected chi connectivity index (χ2v) is 6.66. The molecule has 5 nitrogen and oxygen atoms in total. The van der Waals surface area contributed by atoms with Crippen LogP contribution in [0.1, 0.15) is 12.8 Å². The van der Waals surface area contributed by atoms with Gasteiger partial charge >= 0.3 is 0 Å². The Labute approximate surface area is 115 Å². The van der Waals surface area contributed by atoms with Gasteiger partial charge in [-0.3, -0.25) is 0 Å². The zero-order valence-corrected chi connectivity index (χ0v) is 12.2. The number of piperidine rings is 1. The Morgan fingerprint density at radius 1 is 1.21 bits per heavy atom. The van der Waals surface area contributed by atoms with Crippen molar-refractivity contribution < 1.29 is 8.42 Å². The molecule has 1 aliphatic heterocycles. The molecule has 106 valence electrons. The molecule has 0 radical (unpaired) electrons. The van der Waals surface area contributed by atoms with Gasteiger partial charge in [-0.2, -0.15) is 0 Å². The van der Waals surface area contributed by atoms with Crippen LogP contribution in [0, 0.1) is 0 Å². The van der Waals surface area contributed by atoms with Crippen LogP contribution in [-0.2, 0) is 10.0 Å². The van der Waals surface area contributed by atoms with E-state index in [1.54, 1.807) is 12.1 Å². The molecule has 0 amide bonds. The normalized spacial score (nSPS) is 20.5. The average molecular weight is 283 g/mol. The first-order valence-electron chi connectivity index (χ1n) is 6.52. The monoisotopic (exact) mass is 283 g/mol. The molecule has 6 heteroatoms. The van der Waals surface area contributed by atoms with Gasteiger partial charge in [0.05, 0.1) is 4.90 Å². The first kappa shape index (κ1) is 14.3. The number of sulfonamides is 1. The molecule has 1 saturated heterocycles. The van der Waals surface area contributed by atoms with E-state index in [9.17, 15) is 8.42 Å². The Balaban J connectivity index is 2.14. The van der Waals surface area contributed by atoms with E-state index in [2.05, 4.69) is 14.9 Å². The Bertz CT molecular complexity index is 513. The zero-order valence-electron chi connectivity index (χ0n) is 11.4. The van der Waals surface area contributed by atoms with Crippen LogP contribution in [0.5, 0.6) is 0 Å². The minimum Gasteiger partial charge on any atom is -0.370 e. The van der Waals surface area contributed by atoms with Crippen LogP contribution in [0.2, 0.25) is 0 Å². The van der Waals surface area contributed by atoms with Gasteiger partial charge in [0.2, 0.25) is 10.0 Å². The van der Waals surface area contributed by atoms with Crippen molar-refractivity contribution in [3.63, 3.8) is 0 Å². The topological polar surface area (TPSA) is 61.4 Å². The average Bonchev–Trinajstić information content (AvgIpc) is 2.47. The van der Waals surface area contributed by atoms with Crippen molar-refractivity contribution in [2.75, 3.05) is 32.1 Å². The van der Waals surface area contributed by atoms with Crippen molar-refractivity contribution >= 4 is 15.7 Å². The van der Waals surface area contributed by atoms with Gasteiger partial charge in [0.1, 0.15) is 0 Å². The Morgan fingerprint density at radius 3 is 2.47 bits per heavy atom. The van der Waals surface area contributed by atoms with Gasteiger partial charge in [0.25, 0.3) is 0 Å². The molecule has 1 heterocycles. The number of benzene rings is 1. The second kappa shape index (κ2) is 5.90. The summed E-state index contributed by atoms with van der Waals surface area (Å²) in [6.07, 6.45) is 2.35. The molecule has 1 aromatic rings. The highest BCUT2D eigenvalue weighted by Gasteiger charge is 2.19. The van der Waals surface area contributed by atoms with Gasteiger partial charge in [-0.1, -0.05) is 0 Å². The van der Waals surface area contributed by atoms with Crippen molar-refractivity contribution in [3.8, 4) is 0 Å². The molecule has 0 bridgehead atoms. The third-order valence-electron chi connectivity index (χ3n) is 3.61. The SMILES string of the molecule is CNC1CCCN(c2ccc(S(=O)(=O)NC)cc2)C1. The van der Waals surface area contributed by atoms with Crippen molar-refractivity contribution in [3.05, 3.63) is 24.3 Å². The van der Waals surface area contributed by atoms with Crippen molar-refractivity contribution in [2.24, 2.45) is 0 Å². The summed E-state index contributed by atoms with van der Waals surface area (Å²) in [5.41, 5.74) is 1.08. The molecule has 0 spiro atoms. The fourth-order valence-corrected chi connectivity index (χ4v) is 3.13. The second-order valence-electron chi connectivity index (χ2n) is 4.78. The third-order valence-corrected chi connectivity index (χ3v) is 5.04. The van der Waals surface area contributed by atoms with Gasteiger partial charge in [0.15, 0.2) is 0 Å². The van der Waals surface area contributed by atoms with Gasteiger partial charge in [-0.25, -0.2) is 13.1 Å². The van der Waals surface area contributed by atoms with Crippen molar-refractivity contribution in [1.29, 1.82) is 0 Å². The molecule has 2 rings (SSSR count). The zero-order chi connectivity index (χ0) is 13.9. The molecular formula is C13H21N3O2S. The third kappa shape index (κ3) is 3.26. The van der Waals surface area contributed by atoms with Gasteiger partial charge in [-0.05, 0) is 51.2 Å². The maximum Gasteiger partial charge on any atom is 0.240 e. The van der Waals surface area contributed by atoms with E-state index in [4.69, 9.17) is 0 Å². The Kier molecular flexibility index (Phi) is 4.44. The minimum atomic E-state index is -3.34. The van der Waals surface area contributed by atoms with Crippen LogP contribution in [0.3, 0.4) is 0 Å². The summed E-state index contributed by atoms with van der Waals surface area (Å²) in [4.78, 5) is 2.60.